The SMILES string of the molecule is CCOC(=O)C=Cc1ccc2c(c1)nc(N)c1ncc(C(C)Cc3ccc(OC)cc3)cc12. The molecule has 2 aromatic carbocycles. The second-order valence-corrected chi connectivity index (χ2v) is 7.98. The predicted octanol–water partition coefficient (Wildman–Crippen LogP) is 5.30. The van der Waals surface area contributed by atoms with Crippen LogP contribution in [0.2, 0.25) is 0 Å². The quantitative estimate of drug-likeness (QED) is 0.238. The maximum Gasteiger partial charge on any atom is 0.330 e. The van der Waals surface area contributed by atoms with Crippen LogP contribution in [0.15, 0.2) is 60.8 Å². The van der Waals surface area contributed by atoms with Gasteiger partial charge in [0, 0.05) is 23.0 Å². The number of carbonyl (C=O) groups excluding carboxylic acids is 1. The number of methoxy groups -OCH3 is 1. The van der Waals surface area contributed by atoms with Crippen LogP contribution in [0, 0.1) is 0 Å². The Morgan fingerprint density at radius 3 is 2.64 bits per heavy atom. The Labute approximate surface area is 193 Å². The van der Waals surface area contributed by atoms with Gasteiger partial charge in [-0.15, -0.1) is 0 Å². The molecule has 0 aliphatic carbocycles. The molecule has 2 aromatic heterocycles. The van der Waals surface area contributed by atoms with Crippen LogP contribution in [0.4, 0.5) is 5.82 Å². The van der Waals surface area contributed by atoms with Crippen LogP contribution >= 0.6 is 0 Å². The molecule has 0 aliphatic rings. The minimum absolute atomic E-state index is 0.270. The van der Waals surface area contributed by atoms with Gasteiger partial charge in [-0.1, -0.05) is 31.2 Å². The number of nitrogens with zero attached hydrogens (tertiary/aromatic N) is 2. The van der Waals surface area contributed by atoms with Crippen molar-refractivity contribution in [1.29, 1.82) is 0 Å². The topological polar surface area (TPSA) is 87.3 Å². The first kappa shape index (κ1) is 22.3. The molecule has 4 rings (SSSR count). The molecule has 0 saturated heterocycles. The van der Waals surface area contributed by atoms with Crippen molar-refractivity contribution in [2.75, 3.05) is 19.5 Å². The van der Waals surface area contributed by atoms with Gasteiger partial charge in [-0.05, 0) is 66.3 Å². The molecule has 2 heterocycles. The van der Waals surface area contributed by atoms with E-state index in [0.717, 1.165) is 39.6 Å². The zero-order valence-corrected chi connectivity index (χ0v) is 19.0. The minimum Gasteiger partial charge on any atom is -0.497 e. The summed E-state index contributed by atoms with van der Waals surface area (Å²) in [6, 6.07) is 16.2. The second kappa shape index (κ2) is 9.69. The highest BCUT2D eigenvalue weighted by atomic mass is 16.5. The maximum atomic E-state index is 11.6. The van der Waals surface area contributed by atoms with E-state index in [1.165, 1.54) is 11.6 Å². The van der Waals surface area contributed by atoms with Crippen LogP contribution in [0.25, 0.3) is 27.9 Å². The van der Waals surface area contributed by atoms with Crippen molar-refractivity contribution in [3.8, 4) is 5.75 Å². The normalized spacial score (nSPS) is 12.3. The van der Waals surface area contributed by atoms with Crippen LogP contribution in [-0.2, 0) is 16.0 Å². The Hall–Kier alpha value is -3.93. The number of benzene rings is 2. The van der Waals surface area contributed by atoms with Gasteiger partial charge in [-0.2, -0.15) is 0 Å². The van der Waals surface area contributed by atoms with E-state index in [9.17, 15) is 4.79 Å². The summed E-state index contributed by atoms with van der Waals surface area (Å²) in [7, 11) is 1.67. The van der Waals surface area contributed by atoms with Gasteiger partial charge in [0.2, 0.25) is 0 Å². The number of hydrogen-bond donors (Lipinski definition) is 1. The fraction of sp³-hybridized carbons (Fsp3) is 0.222. The molecule has 0 saturated carbocycles. The molecule has 0 fully saturated rings. The zero-order chi connectivity index (χ0) is 23.4. The van der Waals surface area contributed by atoms with E-state index in [2.05, 4.69) is 35.1 Å². The highest BCUT2D eigenvalue weighted by molar-refractivity contribution is 6.08. The van der Waals surface area contributed by atoms with Crippen molar-refractivity contribution in [1.82, 2.24) is 9.97 Å². The van der Waals surface area contributed by atoms with Crippen molar-refractivity contribution in [2.24, 2.45) is 0 Å². The van der Waals surface area contributed by atoms with Crippen LogP contribution < -0.4 is 10.5 Å². The minimum atomic E-state index is -0.372. The standard InChI is InChI=1S/C27H27N3O3/c1-4-33-25(31)12-8-19-7-11-22-23-15-20(16-29-26(23)27(28)30-24(22)14-19)17(2)13-18-5-9-21(32-3)10-6-18/h5-12,14-17H,4,13H2,1-3H3,(H2,28,30). The third-order valence-corrected chi connectivity index (χ3v) is 5.67. The third kappa shape index (κ3) is 4.95. The molecule has 0 amide bonds. The first-order chi connectivity index (χ1) is 16.0. The summed E-state index contributed by atoms with van der Waals surface area (Å²) < 4.78 is 10.2. The van der Waals surface area contributed by atoms with E-state index < -0.39 is 0 Å². The molecule has 6 heteroatoms. The third-order valence-electron chi connectivity index (χ3n) is 5.67. The lowest BCUT2D eigenvalue weighted by atomic mass is 9.93. The zero-order valence-electron chi connectivity index (χ0n) is 19.0. The average molecular weight is 442 g/mol. The summed E-state index contributed by atoms with van der Waals surface area (Å²) in [6.07, 6.45) is 5.90. The van der Waals surface area contributed by atoms with Gasteiger partial charge in [-0.3, -0.25) is 4.98 Å². The van der Waals surface area contributed by atoms with E-state index in [4.69, 9.17) is 15.2 Å². The maximum absolute atomic E-state index is 11.6. The van der Waals surface area contributed by atoms with E-state index in [0.29, 0.717) is 17.9 Å². The number of carbonyl (C=O) groups is 1. The van der Waals surface area contributed by atoms with Gasteiger partial charge in [-0.25, -0.2) is 9.78 Å². The lowest BCUT2D eigenvalue weighted by Crippen LogP contribution is -2.02. The fourth-order valence-corrected chi connectivity index (χ4v) is 3.90. The Kier molecular flexibility index (Phi) is 6.54. The van der Waals surface area contributed by atoms with Crippen molar-refractivity contribution >= 4 is 39.7 Å². The number of pyridine rings is 2. The largest absolute Gasteiger partial charge is 0.497 e. The number of hydrogen-bond acceptors (Lipinski definition) is 6. The average Bonchev–Trinajstić information content (AvgIpc) is 2.83. The highest BCUT2D eigenvalue weighted by Crippen LogP contribution is 2.31. The van der Waals surface area contributed by atoms with E-state index in [1.54, 1.807) is 20.1 Å². The van der Waals surface area contributed by atoms with Crippen LogP contribution in [-0.4, -0.2) is 29.7 Å². The number of nitrogens with two attached hydrogens (primary N) is 1. The molecular formula is C27H27N3O3. The number of anilines is 1. The van der Waals surface area contributed by atoms with E-state index in [1.807, 2.05) is 36.5 Å². The monoisotopic (exact) mass is 441 g/mol. The molecule has 4 aromatic rings. The first-order valence-electron chi connectivity index (χ1n) is 10.9. The number of fused-ring (bicyclic) bond motifs is 3. The molecule has 2 N–H and O–H groups in total. The van der Waals surface area contributed by atoms with Gasteiger partial charge in [0.05, 0.1) is 19.2 Å². The molecule has 33 heavy (non-hydrogen) atoms. The van der Waals surface area contributed by atoms with Crippen molar-refractivity contribution < 1.29 is 14.3 Å². The molecule has 0 bridgehead atoms. The number of rotatable bonds is 7. The second-order valence-electron chi connectivity index (χ2n) is 7.98. The summed E-state index contributed by atoms with van der Waals surface area (Å²) >= 11 is 0. The Bertz CT molecular complexity index is 1330. The fourth-order valence-electron chi connectivity index (χ4n) is 3.90. The molecule has 0 aliphatic heterocycles. The van der Waals surface area contributed by atoms with Gasteiger partial charge >= 0.3 is 5.97 Å². The number of ether oxygens (including phenoxy) is 2. The van der Waals surface area contributed by atoms with Gasteiger partial charge in [0.15, 0.2) is 5.82 Å². The summed E-state index contributed by atoms with van der Waals surface area (Å²) in [5, 5.41) is 1.94. The Balaban J connectivity index is 1.67. The van der Waals surface area contributed by atoms with Crippen LogP contribution in [0.5, 0.6) is 5.75 Å². The van der Waals surface area contributed by atoms with Crippen molar-refractivity contribution in [2.45, 2.75) is 26.2 Å². The number of aromatic nitrogens is 2. The number of esters is 1. The Morgan fingerprint density at radius 2 is 1.91 bits per heavy atom. The van der Waals surface area contributed by atoms with Crippen LogP contribution in [0.1, 0.15) is 36.5 Å². The molecular weight excluding hydrogens is 414 g/mol. The molecule has 0 radical (unpaired) electrons. The van der Waals surface area contributed by atoms with Crippen molar-refractivity contribution in [3.63, 3.8) is 0 Å². The molecule has 6 nitrogen and oxygen atoms in total. The van der Waals surface area contributed by atoms with E-state index in [-0.39, 0.29) is 11.9 Å². The lowest BCUT2D eigenvalue weighted by Gasteiger charge is -2.14. The van der Waals surface area contributed by atoms with Gasteiger partial charge < -0.3 is 15.2 Å². The van der Waals surface area contributed by atoms with Crippen molar-refractivity contribution in [3.05, 3.63) is 77.5 Å². The summed E-state index contributed by atoms with van der Waals surface area (Å²) in [6.45, 7) is 4.31. The smallest absolute Gasteiger partial charge is 0.330 e. The molecule has 1 atom stereocenters. The molecule has 168 valence electrons. The van der Waals surface area contributed by atoms with Crippen LogP contribution in [0.3, 0.4) is 0 Å². The van der Waals surface area contributed by atoms with Gasteiger partial charge in [0.25, 0.3) is 0 Å². The van der Waals surface area contributed by atoms with Gasteiger partial charge in [0.1, 0.15) is 11.3 Å². The highest BCUT2D eigenvalue weighted by Gasteiger charge is 2.13. The molecule has 0 spiro atoms. The summed E-state index contributed by atoms with van der Waals surface area (Å²) in [5.74, 6) is 1.14. The van der Waals surface area contributed by atoms with E-state index >= 15 is 0 Å². The predicted molar refractivity (Wildman–Crippen MR) is 132 cm³/mol. The molecule has 1 unspecified atom stereocenters. The lowest BCUT2D eigenvalue weighted by molar-refractivity contribution is -0.137. The summed E-state index contributed by atoms with van der Waals surface area (Å²) in [4.78, 5) is 20.8. The first-order valence-corrected chi connectivity index (χ1v) is 10.9. The number of nitrogen functional groups attached to an aromatic ring is 1. The summed E-state index contributed by atoms with van der Waals surface area (Å²) in [5.41, 5.74) is 10.9. The Morgan fingerprint density at radius 1 is 1.12 bits per heavy atom.